The maximum Gasteiger partial charge on any atom is 0.223 e. The minimum Gasteiger partial charge on any atom is -0.489 e. The predicted octanol–water partition coefficient (Wildman–Crippen LogP) is 1.81. The first-order chi connectivity index (χ1) is 11.2. The fraction of sp³-hybridized carbons (Fsp3) is 0.312. The van der Waals surface area contributed by atoms with E-state index in [9.17, 15) is 0 Å². The number of aromatic nitrogens is 2. The quantitative estimate of drug-likeness (QED) is 0.460. The topological polar surface area (TPSA) is 84.6 Å². The Balaban J connectivity index is 1.89. The predicted molar refractivity (Wildman–Crippen MR) is 88.2 cm³/mol. The first kappa shape index (κ1) is 16.5. The van der Waals surface area contributed by atoms with Crippen LogP contribution < -0.4 is 15.4 Å². The second kappa shape index (κ2) is 8.57. The lowest BCUT2D eigenvalue weighted by Crippen LogP contribution is -2.36. The van der Waals surface area contributed by atoms with Crippen molar-refractivity contribution in [1.29, 1.82) is 0 Å². The van der Waals surface area contributed by atoms with Crippen LogP contribution in [0.3, 0.4) is 0 Å². The van der Waals surface area contributed by atoms with Crippen molar-refractivity contribution >= 4 is 5.96 Å². The summed E-state index contributed by atoms with van der Waals surface area (Å²) in [5, 5.41) is 10.2. The van der Waals surface area contributed by atoms with E-state index in [2.05, 4.69) is 32.3 Å². The summed E-state index contributed by atoms with van der Waals surface area (Å²) in [7, 11) is 1.71. The van der Waals surface area contributed by atoms with Crippen LogP contribution in [0.1, 0.15) is 17.3 Å². The first-order valence-corrected chi connectivity index (χ1v) is 7.28. The smallest absolute Gasteiger partial charge is 0.223 e. The lowest BCUT2D eigenvalue weighted by atomic mass is 10.2. The Morgan fingerprint density at radius 3 is 2.83 bits per heavy atom. The van der Waals surface area contributed by atoms with Gasteiger partial charge in [-0.05, 0) is 6.07 Å². The van der Waals surface area contributed by atoms with Gasteiger partial charge in [-0.25, -0.2) is 0 Å². The third-order valence-electron chi connectivity index (χ3n) is 2.98. The Morgan fingerprint density at radius 2 is 2.13 bits per heavy atom. The summed E-state index contributed by atoms with van der Waals surface area (Å²) in [5.74, 6) is 2.59. The fourth-order valence-corrected chi connectivity index (χ4v) is 1.91. The molecule has 7 nitrogen and oxygen atoms in total. The molecule has 2 N–H and O–H groups in total. The van der Waals surface area contributed by atoms with Crippen LogP contribution in [-0.2, 0) is 13.1 Å². The van der Waals surface area contributed by atoms with Crippen molar-refractivity contribution in [2.45, 2.75) is 20.0 Å². The van der Waals surface area contributed by atoms with E-state index in [0.29, 0.717) is 37.4 Å². The zero-order chi connectivity index (χ0) is 16.5. The molecular formula is C16H21N5O2. The van der Waals surface area contributed by atoms with Crippen molar-refractivity contribution in [1.82, 2.24) is 20.8 Å². The van der Waals surface area contributed by atoms with Crippen LogP contribution >= 0.6 is 0 Å². The summed E-state index contributed by atoms with van der Waals surface area (Å²) in [6.45, 7) is 6.90. The molecule has 0 atom stereocenters. The molecule has 0 aliphatic rings. The van der Waals surface area contributed by atoms with E-state index in [0.717, 1.165) is 11.3 Å². The summed E-state index contributed by atoms with van der Waals surface area (Å²) in [6.07, 6.45) is 1.72. The highest BCUT2D eigenvalue weighted by Crippen LogP contribution is 2.17. The van der Waals surface area contributed by atoms with Crippen molar-refractivity contribution < 1.29 is 9.26 Å². The minimum atomic E-state index is 0.436. The molecule has 0 bridgehead atoms. The number of nitrogens with one attached hydrogen (secondary N) is 2. The molecule has 7 heteroatoms. The van der Waals surface area contributed by atoms with Gasteiger partial charge in [0.1, 0.15) is 12.4 Å². The Hall–Kier alpha value is -2.83. The Labute approximate surface area is 135 Å². The van der Waals surface area contributed by atoms with E-state index in [1.807, 2.05) is 24.3 Å². The number of ether oxygens (including phenoxy) is 1. The number of nitrogens with zero attached hydrogens (tertiary/aromatic N) is 3. The highest BCUT2D eigenvalue weighted by molar-refractivity contribution is 5.79. The summed E-state index contributed by atoms with van der Waals surface area (Å²) in [6, 6.07) is 7.84. The van der Waals surface area contributed by atoms with E-state index in [1.54, 1.807) is 20.0 Å². The van der Waals surface area contributed by atoms with E-state index >= 15 is 0 Å². The van der Waals surface area contributed by atoms with E-state index in [4.69, 9.17) is 9.26 Å². The lowest BCUT2D eigenvalue weighted by molar-refractivity contribution is 0.358. The highest BCUT2D eigenvalue weighted by Gasteiger charge is 2.06. The van der Waals surface area contributed by atoms with Crippen LogP contribution in [0.25, 0.3) is 0 Å². The number of guanidine groups is 1. The molecule has 1 heterocycles. The number of aryl methyl sites for hydroxylation is 1. The van der Waals surface area contributed by atoms with Gasteiger partial charge in [-0.15, -0.1) is 0 Å². The van der Waals surface area contributed by atoms with Gasteiger partial charge in [0.2, 0.25) is 5.89 Å². The number of para-hydroxylation sites is 1. The average Bonchev–Trinajstić information content (AvgIpc) is 2.99. The molecule has 2 rings (SSSR count). The van der Waals surface area contributed by atoms with Crippen LogP contribution in [0.2, 0.25) is 0 Å². The third kappa shape index (κ3) is 5.14. The van der Waals surface area contributed by atoms with Crippen molar-refractivity contribution in [3.8, 4) is 5.75 Å². The maximum absolute atomic E-state index is 5.63. The van der Waals surface area contributed by atoms with Gasteiger partial charge in [-0.2, -0.15) is 4.98 Å². The molecule has 0 saturated heterocycles. The Kier molecular flexibility index (Phi) is 6.17. The van der Waals surface area contributed by atoms with Crippen LogP contribution in [0, 0.1) is 6.92 Å². The molecule has 122 valence electrons. The van der Waals surface area contributed by atoms with Crippen LogP contribution in [0.15, 0.2) is 46.4 Å². The van der Waals surface area contributed by atoms with Crippen LogP contribution in [0.5, 0.6) is 5.75 Å². The standard InChI is InChI=1S/C16H21N5O2/c1-4-9-22-14-8-6-5-7-13(14)10-18-16(17-3)19-11-15-20-12(2)23-21-15/h4-8H,1,9-11H2,2-3H3,(H2,17,18,19). The van der Waals surface area contributed by atoms with E-state index < -0.39 is 0 Å². The average molecular weight is 315 g/mol. The molecule has 0 fully saturated rings. The van der Waals surface area contributed by atoms with Crippen molar-refractivity contribution in [3.05, 3.63) is 54.2 Å². The van der Waals surface area contributed by atoms with Crippen molar-refractivity contribution in [2.24, 2.45) is 4.99 Å². The number of aliphatic imine (C=N–C) groups is 1. The summed E-state index contributed by atoms with van der Waals surface area (Å²) in [4.78, 5) is 8.30. The zero-order valence-electron chi connectivity index (χ0n) is 13.4. The molecule has 1 aromatic carbocycles. The molecule has 0 spiro atoms. The van der Waals surface area contributed by atoms with Gasteiger partial charge in [0.25, 0.3) is 0 Å². The molecule has 0 unspecified atom stereocenters. The summed E-state index contributed by atoms with van der Waals surface area (Å²) in [5.41, 5.74) is 1.03. The minimum absolute atomic E-state index is 0.436. The Bertz CT molecular complexity index is 666. The number of rotatable bonds is 7. The maximum atomic E-state index is 5.63. The summed E-state index contributed by atoms with van der Waals surface area (Å²) >= 11 is 0. The number of hydrogen-bond donors (Lipinski definition) is 2. The summed E-state index contributed by atoms with van der Waals surface area (Å²) < 4.78 is 10.6. The molecule has 0 radical (unpaired) electrons. The second-order valence-electron chi connectivity index (χ2n) is 4.72. The first-order valence-electron chi connectivity index (χ1n) is 7.28. The number of benzene rings is 1. The fourth-order valence-electron chi connectivity index (χ4n) is 1.91. The number of hydrogen-bond acceptors (Lipinski definition) is 5. The molecule has 0 aliphatic heterocycles. The molecule has 0 aliphatic carbocycles. The van der Waals surface area contributed by atoms with E-state index in [-0.39, 0.29) is 0 Å². The molecule has 0 amide bonds. The van der Waals surface area contributed by atoms with Gasteiger partial charge in [0.05, 0.1) is 6.54 Å². The van der Waals surface area contributed by atoms with Crippen LogP contribution in [-0.4, -0.2) is 29.8 Å². The van der Waals surface area contributed by atoms with Gasteiger partial charge in [-0.3, -0.25) is 4.99 Å². The molecule has 23 heavy (non-hydrogen) atoms. The third-order valence-corrected chi connectivity index (χ3v) is 2.98. The van der Waals surface area contributed by atoms with Crippen molar-refractivity contribution in [3.63, 3.8) is 0 Å². The Morgan fingerprint density at radius 1 is 1.35 bits per heavy atom. The van der Waals surface area contributed by atoms with Gasteiger partial charge in [0.15, 0.2) is 11.8 Å². The van der Waals surface area contributed by atoms with Crippen LogP contribution in [0.4, 0.5) is 0 Å². The highest BCUT2D eigenvalue weighted by atomic mass is 16.5. The van der Waals surface area contributed by atoms with Gasteiger partial charge in [0, 0.05) is 26.1 Å². The van der Waals surface area contributed by atoms with Gasteiger partial charge in [-0.1, -0.05) is 36.0 Å². The second-order valence-corrected chi connectivity index (χ2v) is 4.72. The molecule has 0 saturated carbocycles. The molecule has 2 aromatic rings. The molecule has 1 aromatic heterocycles. The molecular weight excluding hydrogens is 294 g/mol. The monoisotopic (exact) mass is 315 g/mol. The van der Waals surface area contributed by atoms with E-state index in [1.165, 1.54) is 0 Å². The van der Waals surface area contributed by atoms with Gasteiger partial charge >= 0.3 is 0 Å². The largest absolute Gasteiger partial charge is 0.489 e. The lowest BCUT2D eigenvalue weighted by Gasteiger charge is -2.13. The normalized spacial score (nSPS) is 11.1. The van der Waals surface area contributed by atoms with Gasteiger partial charge < -0.3 is 19.9 Å². The zero-order valence-corrected chi connectivity index (χ0v) is 13.4. The SMILES string of the molecule is C=CCOc1ccccc1CNC(=NC)NCc1noc(C)n1. The van der Waals surface area contributed by atoms with Crippen molar-refractivity contribution in [2.75, 3.05) is 13.7 Å².